The zero-order valence-electron chi connectivity index (χ0n) is 14.9. The Kier molecular flexibility index (Phi) is 4.22. The Morgan fingerprint density at radius 2 is 1.75 bits per heavy atom. The van der Waals surface area contributed by atoms with Gasteiger partial charge in [0.1, 0.15) is 0 Å². The van der Waals surface area contributed by atoms with E-state index in [0.717, 1.165) is 42.5 Å². The minimum Gasteiger partial charge on any atom is -0.390 e. The van der Waals surface area contributed by atoms with Crippen LogP contribution in [0.4, 0.5) is 0 Å². The molecule has 2 nitrogen and oxygen atoms in total. The molecule has 3 heteroatoms. The van der Waals surface area contributed by atoms with Gasteiger partial charge in [0.2, 0.25) is 0 Å². The van der Waals surface area contributed by atoms with Gasteiger partial charge in [-0.3, -0.25) is 0 Å². The van der Waals surface area contributed by atoms with Crippen molar-refractivity contribution in [2.45, 2.75) is 76.5 Å². The highest BCUT2D eigenvalue weighted by Crippen LogP contribution is 2.62. The monoisotopic (exact) mass is 347 g/mol. The Morgan fingerprint density at radius 1 is 1.12 bits per heavy atom. The van der Waals surface area contributed by atoms with Crippen molar-refractivity contribution < 1.29 is 5.11 Å². The fourth-order valence-corrected chi connectivity index (χ4v) is 6.55. The Bertz CT molecular complexity index is 584. The highest BCUT2D eigenvalue weighted by Gasteiger charge is 2.58. The first kappa shape index (κ1) is 16.9. The minimum atomic E-state index is -0.362. The summed E-state index contributed by atoms with van der Waals surface area (Å²) in [7, 11) is 0. The number of nitrogens with one attached hydrogen (secondary N) is 1. The van der Waals surface area contributed by atoms with Gasteiger partial charge in [-0.25, -0.2) is 0 Å². The maximum atomic E-state index is 11.0. The first-order valence-corrected chi connectivity index (χ1v) is 9.97. The molecule has 0 radical (unpaired) electrons. The van der Waals surface area contributed by atoms with Gasteiger partial charge in [0.15, 0.2) is 0 Å². The van der Waals surface area contributed by atoms with Crippen molar-refractivity contribution in [2.75, 3.05) is 0 Å². The first-order valence-electron chi connectivity index (χ1n) is 9.59. The van der Waals surface area contributed by atoms with Crippen LogP contribution in [0.5, 0.6) is 0 Å². The molecule has 132 valence electrons. The fraction of sp³-hybridized carbons (Fsp3) is 0.714. The Morgan fingerprint density at radius 3 is 2.33 bits per heavy atom. The van der Waals surface area contributed by atoms with Gasteiger partial charge in [-0.15, -0.1) is 0 Å². The Balaban J connectivity index is 1.42. The van der Waals surface area contributed by atoms with Crippen molar-refractivity contribution in [1.29, 1.82) is 0 Å². The molecule has 4 fully saturated rings. The molecule has 4 bridgehead atoms. The molecule has 4 aliphatic rings. The van der Waals surface area contributed by atoms with E-state index in [1.54, 1.807) is 0 Å². The van der Waals surface area contributed by atoms with Crippen molar-refractivity contribution in [2.24, 2.45) is 17.3 Å². The van der Waals surface area contributed by atoms with Crippen LogP contribution in [0.1, 0.15) is 57.9 Å². The molecule has 5 rings (SSSR count). The van der Waals surface area contributed by atoms with E-state index in [-0.39, 0.29) is 5.60 Å². The van der Waals surface area contributed by atoms with Crippen LogP contribution in [-0.4, -0.2) is 22.8 Å². The van der Waals surface area contributed by atoms with Crippen molar-refractivity contribution >= 4 is 11.6 Å². The summed E-state index contributed by atoms with van der Waals surface area (Å²) in [5.41, 5.74) is 1.28. The van der Waals surface area contributed by atoms with Gasteiger partial charge in [-0.05, 0) is 93.7 Å². The van der Waals surface area contributed by atoms with Crippen LogP contribution in [-0.2, 0) is 6.42 Å². The molecule has 0 aliphatic heterocycles. The topological polar surface area (TPSA) is 32.3 Å². The Labute approximate surface area is 151 Å². The number of halogens is 1. The average molecular weight is 348 g/mol. The summed E-state index contributed by atoms with van der Waals surface area (Å²) < 4.78 is 0. The number of benzene rings is 1. The molecule has 4 saturated carbocycles. The summed E-state index contributed by atoms with van der Waals surface area (Å²) in [5, 5.41) is 15.6. The number of aliphatic hydroxyl groups is 1. The molecule has 4 atom stereocenters. The van der Waals surface area contributed by atoms with E-state index in [4.69, 9.17) is 11.6 Å². The predicted molar refractivity (Wildman–Crippen MR) is 99.3 cm³/mol. The third kappa shape index (κ3) is 3.13. The minimum absolute atomic E-state index is 0.313. The van der Waals surface area contributed by atoms with Crippen LogP contribution < -0.4 is 5.32 Å². The molecule has 0 unspecified atom stereocenters. The van der Waals surface area contributed by atoms with E-state index in [1.165, 1.54) is 24.8 Å². The zero-order valence-corrected chi connectivity index (χ0v) is 15.6. The van der Waals surface area contributed by atoms with E-state index >= 15 is 0 Å². The highest BCUT2D eigenvalue weighted by atomic mass is 35.5. The van der Waals surface area contributed by atoms with Gasteiger partial charge in [-0.2, -0.15) is 0 Å². The molecule has 0 amide bonds. The standard InChI is InChI=1S/C21H30ClNO/c1-14(7-16-3-5-19(22)6-4-16)23-15(2)20-9-17-8-18(10-20)12-21(24,11-17)13-20/h3-6,14-15,17-18,23-24H,7-13H2,1-2H3/t14-,15-,17-,18-,20?,21?/m0/s1. The maximum absolute atomic E-state index is 11.0. The van der Waals surface area contributed by atoms with Crippen LogP contribution in [0, 0.1) is 17.3 Å². The number of hydrogen-bond donors (Lipinski definition) is 2. The van der Waals surface area contributed by atoms with Crippen LogP contribution in [0.15, 0.2) is 24.3 Å². The van der Waals surface area contributed by atoms with Crippen molar-refractivity contribution in [1.82, 2.24) is 5.32 Å². The zero-order chi connectivity index (χ0) is 16.9. The van der Waals surface area contributed by atoms with E-state index < -0.39 is 0 Å². The molecule has 0 aromatic heterocycles. The summed E-state index contributed by atoms with van der Waals surface area (Å²) in [4.78, 5) is 0. The van der Waals surface area contributed by atoms with Crippen molar-refractivity contribution in [3.05, 3.63) is 34.9 Å². The van der Waals surface area contributed by atoms with E-state index in [9.17, 15) is 5.11 Å². The van der Waals surface area contributed by atoms with Crippen molar-refractivity contribution in [3.8, 4) is 0 Å². The highest BCUT2D eigenvalue weighted by molar-refractivity contribution is 6.30. The smallest absolute Gasteiger partial charge is 0.0659 e. The molecule has 4 aliphatic carbocycles. The first-order chi connectivity index (χ1) is 11.4. The second kappa shape index (κ2) is 6.00. The molecule has 24 heavy (non-hydrogen) atoms. The summed E-state index contributed by atoms with van der Waals surface area (Å²) in [6.07, 6.45) is 8.12. The average Bonchev–Trinajstić information content (AvgIpc) is 2.47. The number of hydrogen-bond acceptors (Lipinski definition) is 2. The van der Waals surface area contributed by atoms with E-state index in [1.807, 2.05) is 12.1 Å². The summed E-state index contributed by atoms with van der Waals surface area (Å²) >= 11 is 5.98. The molecule has 0 heterocycles. The maximum Gasteiger partial charge on any atom is 0.0659 e. The molecule has 0 saturated heterocycles. The molecule has 0 spiro atoms. The third-order valence-electron chi connectivity index (χ3n) is 6.98. The molecule has 1 aromatic carbocycles. The van der Waals surface area contributed by atoms with Crippen LogP contribution in [0.25, 0.3) is 0 Å². The summed E-state index contributed by atoms with van der Waals surface area (Å²) in [6, 6.07) is 9.10. The van der Waals surface area contributed by atoms with Crippen molar-refractivity contribution in [3.63, 3.8) is 0 Å². The van der Waals surface area contributed by atoms with Gasteiger partial charge >= 0.3 is 0 Å². The summed E-state index contributed by atoms with van der Waals surface area (Å²) in [5.74, 6) is 1.51. The second-order valence-corrected chi connectivity index (χ2v) is 9.60. The fourth-order valence-electron chi connectivity index (χ4n) is 6.43. The molecule has 1 aromatic rings. The molecular formula is C21H30ClNO. The third-order valence-corrected chi connectivity index (χ3v) is 7.24. The lowest BCUT2D eigenvalue weighted by Crippen LogP contribution is -2.62. The van der Waals surface area contributed by atoms with Crippen LogP contribution in [0.2, 0.25) is 5.02 Å². The van der Waals surface area contributed by atoms with Gasteiger partial charge in [0.25, 0.3) is 0 Å². The van der Waals surface area contributed by atoms with Gasteiger partial charge < -0.3 is 10.4 Å². The quantitative estimate of drug-likeness (QED) is 0.817. The number of rotatable bonds is 5. The largest absolute Gasteiger partial charge is 0.390 e. The molecular weight excluding hydrogens is 318 g/mol. The normalized spacial score (nSPS) is 39.8. The SMILES string of the molecule is C[C@H](N[C@@H](C)Cc1ccc(Cl)cc1)C12C[C@@H]3C[C@H](CC(O)(C3)C1)C2. The lowest BCUT2D eigenvalue weighted by molar-refractivity contribution is -0.172. The van der Waals surface area contributed by atoms with E-state index in [0.29, 0.717) is 17.5 Å². The summed E-state index contributed by atoms with van der Waals surface area (Å²) in [6.45, 7) is 4.63. The van der Waals surface area contributed by atoms with Gasteiger partial charge in [0.05, 0.1) is 5.60 Å². The predicted octanol–water partition coefficient (Wildman–Crippen LogP) is 4.58. The molecule has 2 N–H and O–H groups in total. The van der Waals surface area contributed by atoms with Crippen LogP contribution >= 0.6 is 11.6 Å². The van der Waals surface area contributed by atoms with Gasteiger partial charge in [0, 0.05) is 17.1 Å². The lowest BCUT2D eigenvalue weighted by atomic mass is 9.46. The van der Waals surface area contributed by atoms with E-state index in [2.05, 4.69) is 31.3 Å². The second-order valence-electron chi connectivity index (χ2n) is 9.17. The van der Waals surface area contributed by atoms with Gasteiger partial charge in [-0.1, -0.05) is 23.7 Å². The lowest BCUT2D eigenvalue weighted by Gasteiger charge is -2.62. The van der Waals surface area contributed by atoms with Crippen LogP contribution in [0.3, 0.4) is 0 Å². The Hall–Kier alpha value is -0.570.